The van der Waals surface area contributed by atoms with Gasteiger partial charge in [0.1, 0.15) is 17.1 Å². The van der Waals surface area contributed by atoms with Gasteiger partial charge in [0.05, 0.1) is 0 Å². The fourth-order valence-corrected chi connectivity index (χ4v) is 2.61. The van der Waals surface area contributed by atoms with Crippen molar-refractivity contribution in [2.75, 3.05) is 0 Å². The summed E-state index contributed by atoms with van der Waals surface area (Å²) in [4.78, 5) is 0. The van der Waals surface area contributed by atoms with Gasteiger partial charge >= 0.3 is 0 Å². The van der Waals surface area contributed by atoms with Crippen LogP contribution in [0.4, 0.5) is 0 Å². The van der Waals surface area contributed by atoms with Gasteiger partial charge in [0.2, 0.25) is 0 Å². The molecule has 0 spiro atoms. The highest BCUT2D eigenvalue weighted by Gasteiger charge is 2.12. The van der Waals surface area contributed by atoms with E-state index in [1.54, 1.807) is 6.07 Å². The van der Waals surface area contributed by atoms with E-state index in [1.165, 1.54) is 10.9 Å². The molecular formula is C18H19NO2. The molecule has 0 radical (unpaired) electrons. The van der Waals surface area contributed by atoms with Crippen molar-refractivity contribution in [2.45, 2.75) is 26.4 Å². The van der Waals surface area contributed by atoms with Crippen molar-refractivity contribution < 1.29 is 9.52 Å². The van der Waals surface area contributed by atoms with Gasteiger partial charge in [-0.1, -0.05) is 43.3 Å². The molecule has 0 atom stereocenters. The van der Waals surface area contributed by atoms with Gasteiger partial charge in [-0.3, -0.25) is 0 Å². The number of hydrogen-bond donors (Lipinski definition) is 2. The Kier molecular flexibility index (Phi) is 3.93. The smallest absolute Gasteiger partial charge is 0.134 e. The van der Waals surface area contributed by atoms with Crippen molar-refractivity contribution in [1.29, 1.82) is 0 Å². The van der Waals surface area contributed by atoms with Gasteiger partial charge in [-0.25, -0.2) is 0 Å². The average molecular weight is 281 g/mol. The van der Waals surface area contributed by atoms with Crippen LogP contribution in [0, 0.1) is 0 Å². The van der Waals surface area contributed by atoms with Crippen LogP contribution in [0.2, 0.25) is 0 Å². The van der Waals surface area contributed by atoms with Crippen LogP contribution in [0.15, 0.2) is 52.9 Å². The summed E-state index contributed by atoms with van der Waals surface area (Å²) in [5.41, 5.74) is 3.06. The Hall–Kier alpha value is -2.26. The van der Waals surface area contributed by atoms with E-state index < -0.39 is 0 Å². The van der Waals surface area contributed by atoms with Gasteiger partial charge in [-0.15, -0.1) is 0 Å². The molecule has 0 bridgehead atoms. The largest absolute Gasteiger partial charge is 0.508 e. The van der Waals surface area contributed by atoms with E-state index in [0.29, 0.717) is 12.3 Å². The van der Waals surface area contributed by atoms with Crippen LogP contribution in [0.3, 0.4) is 0 Å². The summed E-state index contributed by atoms with van der Waals surface area (Å²) in [6.45, 7) is 3.47. The molecule has 1 aromatic heterocycles. The predicted molar refractivity (Wildman–Crippen MR) is 84.2 cm³/mol. The second-order valence-electron chi connectivity index (χ2n) is 5.09. The molecule has 0 aliphatic carbocycles. The van der Waals surface area contributed by atoms with Crippen molar-refractivity contribution in [1.82, 2.24) is 5.32 Å². The fourth-order valence-electron chi connectivity index (χ4n) is 2.61. The zero-order valence-electron chi connectivity index (χ0n) is 12.1. The van der Waals surface area contributed by atoms with Crippen molar-refractivity contribution in [3.05, 3.63) is 65.4 Å². The number of benzene rings is 2. The fraction of sp³-hybridized carbons (Fsp3) is 0.222. The van der Waals surface area contributed by atoms with Gasteiger partial charge in [0.15, 0.2) is 0 Å². The lowest BCUT2D eigenvalue weighted by molar-refractivity contribution is 0.464. The van der Waals surface area contributed by atoms with Gasteiger partial charge in [0, 0.05) is 36.0 Å². The van der Waals surface area contributed by atoms with Gasteiger partial charge in [0.25, 0.3) is 0 Å². The van der Waals surface area contributed by atoms with E-state index in [1.807, 2.05) is 36.4 Å². The second-order valence-corrected chi connectivity index (χ2v) is 5.09. The minimum atomic E-state index is 0.331. The van der Waals surface area contributed by atoms with Gasteiger partial charge in [-0.05, 0) is 12.1 Å². The monoisotopic (exact) mass is 281 g/mol. The summed E-state index contributed by atoms with van der Waals surface area (Å²) in [5, 5.41) is 14.3. The summed E-state index contributed by atoms with van der Waals surface area (Å²) in [5.74, 6) is 1.36. The summed E-state index contributed by atoms with van der Waals surface area (Å²) in [7, 11) is 0. The highest BCUT2D eigenvalue weighted by atomic mass is 16.3. The number of phenolic OH excluding ortho intramolecular Hbond substituents is 1. The number of furan rings is 1. The molecule has 0 saturated carbocycles. The molecule has 108 valence electrons. The number of aromatic hydroxyl groups is 1. The van der Waals surface area contributed by atoms with E-state index in [0.717, 1.165) is 29.9 Å². The first-order valence-electron chi connectivity index (χ1n) is 7.26. The third-order valence-corrected chi connectivity index (χ3v) is 3.71. The predicted octanol–water partition coefficient (Wildman–Crippen LogP) is 3.99. The van der Waals surface area contributed by atoms with Crippen LogP contribution in [-0.4, -0.2) is 5.11 Å². The van der Waals surface area contributed by atoms with Gasteiger partial charge < -0.3 is 14.8 Å². The molecule has 0 saturated heterocycles. The first-order chi connectivity index (χ1) is 10.3. The Morgan fingerprint density at radius 1 is 1.00 bits per heavy atom. The Morgan fingerprint density at radius 2 is 1.76 bits per heavy atom. The third kappa shape index (κ3) is 2.78. The lowest BCUT2D eigenvalue weighted by Gasteiger charge is -2.07. The number of aryl methyl sites for hydroxylation is 1. The molecule has 21 heavy (non-hydrogen) atoms. The maximum atomic E-state index is 9.78. The molecule has 0 amide bonds. The van der Waals surface area contributed by atoms with Crippen molar-refractivity contribution in [3.63, 3.8) is 0 Å². The van der Waals surface area contributed by atoms with Crippen molar-refractivity contribution in [2.24, 2.45) is 0 Å². The topological polar surface area (TPSA) is 45.4 Å². The maximum Gasteiger partial charge on any atom is 0.134 e. The average Bonchev–Trinajstić information content (AvgIpc) is 2.87. The molecule has 2 aromatic carbocycles. The number of fused-ring (bicyclic) bond motifs is 1. The Balaban J connectivity index is 1.77. The normalized spacial score (nSPS) is 11.1. The summed E-state index contributed by atoms with van der Waals surface area (Å²) in [6.07, 6.45) is 0.877. The molecular weight excluding hydrogens is 262 g/mol. The van der Waals surface area contributed by atoms with Crippen LogP contribution >= 0.6 is 0 Å². The number of rotatable bonds is 5. The molecule has 3 nitrogen and oxygen atoms in total. The van der Waals surface area contributed by atoms with E-state index in [-0.39, 0.29) is 0 Å². The standard InChI is InChI=1S/C18H19NO2/c1-2-17-15(14-8-4-6-10-18(14)21-17)12-19-11-13-7-3-5-9-16(13)20/h3-10,19-20H,2,11-12H2,1H3. The molecule has 0 aliphatic rings. The van der Waals surface area contributed by atoms with Crippen molar-refractivity contribution in [3.8, 4) is 5.75 Å². The molecule has 0 aliphatic heterocycles. The van der Waals surface area contributed by atoms with Crippen LogP contribution in [-0.2, 0) is 19.5 Å². The quantitative estimate of drug-likeness (QED) is 0.743. The van der Waals surface area contributed by atoms with Gasteiger partial charge in [-0.2, -0.15) is 0 Å². The zero-order valence-corrected chi connectivity index (χ0v) is 12.1. The van der Waals surface area contributed by atoms with E-state index in [9.17, 15) is 5.11 Å². The molecule has 3 aromatic rings. The third-order valence-electron chi connectivity index (χ3n) is 3.71. The lowest BCUT2D eigenvalue weighted by Crippen LogP contribution is -2.13. The van der Waals surface area contributed by atoms with Crippen LogP contribution in [0.5, 0.6) is 5.75 Å². The minimum absolute atomic E-state index is 0.331. The summed E-state index contributed by atoms with van der Waals surface area (Å²) >= 11 is 0. The second kappa shape index (κ2) is 6.02. The Morgan fingerprint density at radius 3 is 2.57 bits per heavy atom. The number of para-hydroxylation sites is 2. The Bertz CT molecular complexity index is 746. The summed E-state index contributed by atoms with van der Waals surface area (Å²) < 4.78 is 5.89. The first-order valence-corrected chi connectivity index (χ1v) is 7.26. The number of hydrogen-bond acceptors (Lipinski definition) is 3. The van der Waals surface area contributed by atoms with Crippen LogP contribution < -0.4 is 5.32 Å². The van der Waals surface area contributed by atoms with E-state index >= 15 is 0 Å². The molecule has 2 N–H and O–H groups in total. The lowest BCUT2D eigenvalue weighted by atomic mass is 10.1. The van der Waals surface area contributed by atoms with E-state index in [4.69, 9.17) is 4.42 Å². The SMILES string of the molecule is CCc1oc2ccccc2c1CNCc1ccccc1O. The van der Waals surface area contributed by atoms with Crippen molar-refractivity contribution >= 4 is 11.0 Å². The maximum absolute atomic E-state index is 9.78. The molecule has 1 heterocycles. The highest BCUT2D eigenvalue weighted by Crippen LogP contribution is 2.26. The molecule has 3 heteroatoms. The first kappa shape index (κ1) is 13.7. The minimum Gasteiger partial charge on any atom is -0.508 e. The highest BCUT2D eigenvalue weighted by molar-refractivity contribution is 5.82. The number of nitrogens with one attached hydrogen (secondary N) is 1. The molecule has 0 fully saturated rings. The molecule has 3 rings (SSSR count). The number of phenols is 1. The van der Waals surface area contributed by atoms with Crippen LogP contribution in [0.1, 0.15) is 23.8 Å². The Labute approximate surface area is 124 Å². The van der Waals surface area contributed by atoms with Crippen LogP contribution in [0.25, 0.3) is 11.0 Å². The van der Waals surface area contributed by atoms with E-state index in [2.05, 4.69) is 18.3 Å². The molecule has 0 unspecified atom stereocenters. The summed E-state index contributed by atoms with van der Waals surface area (Å²) in [6, 6.07) is 15.5. The zero-order chi connectivity index (χ0) is 14.7.